The van der Waals surface area contributed by atoms with E-state index in [0.29, 0.717) is 12.1 Å². The standard InChI is InChI=1S/C12H21N3O/c16-12-14-11(9-3-1-4-9)8-15(12)7-10-5-2-6-13-10/h9-11,13H,1-8H2,(H,14,16). The van der Waals surface area contributed by atoms with Gasteiger partial charge in [-0.15, -0.1) is 0 Å². The molecule has 0 aromatic heterocycles. The summed E-state index contributed by atoms with van der Waals surface area (Å²) in [6.45, 7) is 2.95. The Bertz CT molecular complexity index is 271. The normalized spacial score (nSPS) is 35.2. The Morgan fingerprint density at radius 1 is 1.25 bits per heavy atom. The maximum absolute atomic E-state index is 11.8. The molecule has 90 valence electrons. The third kappa shape index (κ3) is 1.90. The van der Waals surface area contributed by atoms with E-state index in [2.05, 4.69) is 10.6 Å². The minimum Gasteiger partial charge on any atom is -0.333 e. The third-order valence-electron chi connectivity index (χ3n) is 4.34. The van der Waals surface area contributed by atoms with Gasteiger partial charge in [-0.3, -0.25) is 0 Å². The lowest BCUT2D eigenvalue weighted by atomic mass is 9.80. The van der Waals surface area contributed by atoms with E-state index >= 15 is 0 Å². The lowest BCUT2D eigenvalue weighted by Crippen LogP contribution is -2.39. The van der Waals surface area contributed by atoms with Crippen LogP contribution in [0.5, 0.6) is 0 Å². The number of rotatable bonds is 3. The number of nitrogens with zero attached hydrogens (tertiary/aromatic N) is 1. The molecule has 3 aliphatic rings. The summed E-state index contributed by atoms with van der Waals surface area (Å²) in [7, 11) is 0. The van der Waals surface area contributed by atoms with Crippen molar-refractivity contribution in [2.45, 2.75) is 44.2 Å². The maximum atomic E-state index is 11.8. The summed E-state index contributed by atoms with van der Waals surface area (Å²) in [5.74, 6) is 0.755. The summed E-state index contributed by atoms with van der Waals surface area (Å²) in [6, 6.07) is 1.12. The number of hydrogen-bond donors (Lipinski definition) is 2. The first kappa shape index (κ1) is 10.4. The molecule has 0 aromatic rings. The summed E-state index contributed by atoms with van der Waals surface area (Å²) in [4.78, 5) is 13.8. The molecule has 16 heavy (non-hydrogen) atoms. The van der Waals surface area contributed by atoms with Crippen LogP contribution in [0.2, 0.25) is 0 Å². The van der Waals surface area contributed by atoms with Gasteiger partial charge in [-0.1, -0.05) is 6.42 Å². The summed E-state index contributed by atoms with van der Waals surface area (Å²) >= 11 is 0. The first-order valence-corrected chi connectivity index (χ1v) is 6.62. The molecule has 4 nitrogen and oxygen atoms in total. The van der Waals surface area contributed by atoms with Crippen molar-refractivity contribution in [3.63, 3.8) is 0 Å². The van der Waals surface area contributed by atoms with Gasteiger partial charge in [-0.25, -0.2) is 4.79 Å². The highest BCUT2D eigenvalue weighted by molar-refractivity contribution is 5.77. The van der Waals surface area contributed by atoms with Crippen LogP contribution in [0.4, 0.5) is 4.79 Å². The molecule has 2 heterocycles. The van der Waals surface area contributed by atoms with Gasteiger partial charge in [-0.05, 0) is 38.1 Å². The zero-order valence-corrected chi connectivity index (χ0v) is 9.74. The number of hydrogen-bond acceptors (Lipinski definition) is 2. The topological polar surface area (TPSA) is 44.4 Å². The van der Waals surface area contributed by atoms with Crippen LogP contribution in [0.25, 0.3) is 0 Å². The van der Waals surface area contributed by atoms with E-state index in [1.165, 1.54) is 32.1 Å². The minimum atomic E-state index is 0.158. The maximum Gasteiger partial charge on any atom is 0.317 e. The van der Waals surface area contributed by atoms with E-state index in [1.54, 1.807) is 0 Å². The van der Waals surface area contributed by atoms with Gasteiger partial charge < -0.3 is 15.5 Å². The molecule has 0 bridgehead atoms. The van der Waals surface area contributed by atoms with Gasteiger partial charge in [0.15, 0.2) is 0 Å². The van der Waals surface area contributed by atoms with Gasteiger partial charge in [0.05, 0.1) is 6.04 Å². The molecular formula is C12H21N3O. The van der Waals surface area contributed by atoms with Crippen molar-refractivity contribution in [3.05, 3.63) is 0 Å². The van der Waals surface area contributed by atoms with Gasteiger partial charge in [0.2, 0.25) is 0 Å². The minimum absolute atomic E-state index is 0.158. The van der Waals surface area contributed by atoms with Crippen LogP contribution in [0, 0.1) is 5.92 Å². The average Bonchev–Trinajstić information content (AvgIpc) is 2.76. The van der Waals surface area contributed by atoms with Gasteiger partial charge >= 0.3 is 6.03 Å². The fourth-order valence-electron chi connectivity index (χ4n) is 3.06. The Balaban J connectivity index is 1.53. The molecule has 3 rings (SSSR count). The molecular weight excluding hydrogens is 202 g/mol. The predicted molar refractivity (Wildman–Crippen MR) is 62.3 cm³/mol. The van der Waals surface area contributed by atoms with Gasteiger partial charge in [-0.2, -0.15) is 0 Å². The number of amides is 2. The zero-order chi connectivity index (χ0) is 11.0. The molecule has 4 heteroatoms. The van der Waals surface area contributed by atoms with Crippen LogP contribution in [-0.2, 0) is 0 Å². The predicted octanol–water partition coefficient (Wildman–Crippen LogP) is 0.932. The highest BCUT2D eigenvalue weighted by Crippen LogP contribution is 2.31. The lowest BCUT2D eigenvalue weighted by Gasteiger charge is -2.30. The monoisotopic (exact) mass is 223 g/mol. The van der Waals surface area contributed by atoms with Crippen molar-refractivity contribution < 1.29 is 4.79 Å². The van der Waals surface area contributed by atoms with Gasteiger partial charge in [0.25, 0.3) is 0 Å². The molecule has 3 fully saturated rings. The van der Waals surface area contributed by atoms with Crippen molar-refractivity contribution >= 4 is 6.03 Å². The van der Waals surface area contributed by atoms with Crippen LogP contribution in [0.15, 0.2) is 0 Å². The van der Waals surface area contributed by atoms with Gasteiger partial charge in [0.1, 0.15) is 0 Å². The summed E-state index contributed by atoms with van der Waals surface area (Å²) in [5, 5.41) is 6.59. The van der Waals surface area contributed by atoms with Crippen molar-refractivity contribution in [1.82, 2.24) is 15.5 Å². The molecule has 2 aliphatic heterocycles. The Hall–Kier alpha value is -0.770. The Kier molecular flexibility index (Phi) is 2.75. The van der Waals surface area contributed by atoms with Crippen molar-refractivity contribution in [1.29, 1.82) is 0 Å². The number of urea groups is 1. The fourth-order valence-corrected chi connectivity index (χ4v) is 3.06. The smallest absolute Gasteiger partial charge is 0.317 e. The van der Waals surface area contributed by atoms with Crippen molar-refractivity contribution in [2.75, 3.05) is 19.6 Å². The molecule has 2 saturated heterocycles. The number of carbonyl (C=O) groups is 1. The first-order chi connectivity index (χ1) is 7.83. The zero-order valence-electron chi connectivity index (χ0n) is 9.74. The second-order valence-electron chi connectivity index (χ2n) is 5.45. The van der Waals surface area contributed by atoms with Crippen LogP contribution in [0.1, 0.15) is 32.1 Å². The molecule has 1 saturated carbocycles. The van der Waals surface area contributed by atoms with Crippen LogP contribution in [0.3, 0.4) is 0 Å². The van der Waals surface area contributed by atoms with Crippen LogP contribution < -0.4 is 10.6 Å². The van der Waals surface area contributed by atoms with Crippen molar-refractivity contribution in [3.8, 4) is 0 Å². The number of nitrogens with one attached hydrogen (secondary N) is 2. The Morgan fingerprint density at radius 3 is 2.75 bits per heavy atom. The molecule has 2 amide bonds. The van der Waals surface area contributed by atoms with Crippen LogP contribution in [-0.4, -0.2) is 42.6 Å². The van der Waals surface area contributed by atoms with E-state index in [-0.39, 0.29) is 6.03 Å². The van der Waals surface area contributed by atoms with E-state index in [9.17, 15) is 4.79 Å². The number of carbonyl (C=O) groups excluding carboxylic acids is 1. The third-order valence-corrected chi connectivity index (χ3v) is 4.34. The van der Waals surface area contributed by atoms with E-state index in [4.69, 9.17) is 0 Å². The van der Waals surface area contributed by atoms with E-state index < -0.39 is 0 Å². The summed E-state index contributed by atoms with van der Waals surface area (Å²) < 4.78 is 0. The van der Waals surface area contributed by atoms with Gasteiger partial charge in [0, 0.05) is 19.1 Å². The molecule has 2 atom stereocenters. The molecule has 0 radical (unpaired) electrons. The second kappa shape index (κ2) is 4.24. The van der Waals surface area contributed by atoms with E-state index in [1.807, 2.05) is 4.90 Å². The largest absolute Gasteiger partial charge is 0.333 e. The Morgan fingerprint density at radius 2 is 2.12 bits per heavy atom. The summed E-state index contributed by atoms with van der Waals surface area (Å²) in [6.07, 6.45) is 6.44. The van der Waals surface area contributed by atoms with Crippen LogP contribution >= 0.6 is 0 Å². The first-order valence-electron chi connectivity index (χ1n) is 6.62. The van der Waals surface area contributed by atoms with Crippen molar-refractivity contribution in [2.24, 2.45) is 5.92 Å². The SMILES string of the molecule is O=C1NC(C2CCC2)CN1CC1CCCN1. The molecule has 2 N–H and O–H groups in total. The lowest BCUT2D eigenvalue weighted by molar-refractivity contribution is 0.212. The average molecular weight is 223 g/mol. The summed E-state index contributed by atoms with van der Waals surface area (Å²) in [5.41, 5.74) is 0. The van der Waals surface area contributed by atoms with E-state index in [0.717, 1.165) is 25.6 Å². The fraction of sp³-hybridized carbons (Fsp3) is 0.917. The molecule has 1 aliphatic carbocycles. The molecule has 0 aromatic carbocycles. The highest BCUT2D eigenvalue weighted by Gasteiger charge is 2.37. The Labute approximate surface area is 96.8 Å². The second-order valence-corrected chi connectivity index (χ2v) is 5.45. The molecule has 2 unspecified atom stereocenters. The highest BCUT2D eigenvalue weighted by atomic mass is 16.2. The molecule has 0 spiro atoms. The quantitative estimate of drug-likeness (QED) is 0.747.